The molecule has 0 amide bonds. The molecule has 1 N–H and O–H groups in total. The number of fused-ring (bicyclic) bond motifs is 3. The molecule has 4 aromatic heterocycles. The summed E-state index contributed by atoms with van der Waals surface area (Å²) >= 11 is 1.84. The Bertz CT molecular complexity index is 2750. The van der Waals surface area contributed by atoms with Gasteiger partial charge in [0.2, 0.25) is 0 Å². The Morgan fingerprint density at radius 1 is 0.538 bits per heavy atom. The zero-order valence-corrected chi connectivity index (χ0v) is 31.5. The van der Waals surface area contributed by atoms with Crippen LogP contribution in [0.4, 0.5) is 0 Å². The van der Waals surface area contributed by atoms with Crippen LogP contribution in [-0.2, 0) is 28.1 Å². The van der Waals surface area contributed by atoms with Gasteiger partial charge >= 0.3 is 0 Å². The van der Waals surface area contributed by atoms with Crippen LogP contribution in [0.2, 0.25) is 0 Å². The molecule has 4 nitrogen and oxygen atoms in total. The summed E-state index contributed by atoms with van der Waals surface area (Å²) in [5.74, 6) is 0.194. The molecule has 0 saturated carbocycles. The van der Waals surface area contributed by atoms with Gasteiger partial charge < -0.3 is 9.67 Å². The Kier molecular flexibility index (Phi) is 8.92. The van der Waals surface area contributed by atoms with E-state index in [1.165, 1.54) is 31.4 Å². The van der Waals surface area contributed by atoms with Crippen LogP contribution in [0.5, 0.6) is 5.75 Å². The van der Waals surface area contributed by atoms with Crippen molar-refractivity contribution in [3.8, 4) is 73.2 Å². The normalized spacial score (nSPS) is 11.2. The molecule has 9 rings (SSSR count). The number of aryl methyl sites for hydroxylation is 1. The summed E-state index contributed by atoms with van der Waals surface area (Å²) in [4.78, 5) is 10.0. The summed E-state index contributed by atoms with van der Waals surface area (Å²) < 4.78 is 4.88. The first-order chi connectivity index (χ1) is 25.0. The molecule has 6 heteroatoms. The minimum atomic E-state index is 0. The second-order valence-corrected chi connectivity index (χ2v) is 13.9. The standard InChI is InChI=1S/C46H32N3OS.Pt/c1-29-23-35(43-22-21-42(49(43)2)33-19-20-37-36-15-7-9-18-45(36)51-46(37)28-33)27-39(47-29)31-13-10-14-32(24-31)40-25-34(30-11-4-3-5-12-30)26-41(48-40)38-16-6-8-17-44(38)50;/h3-23,25-28,50H,1-2H3;/q-1;. The van der Waals surface area contributed by atoms with E-state index in [9.17, 15) is 5.11 Å². The van der Waals surface area contributed by atoms with Crippen molar-refractivity contribution in [3.05, 3.63) is 163 Å². The molecule has 254 valence electrons. The number of pyridine rings is 2. The molecule has 0 fully saturated rings. The molecule has 0 bridgehead atoms. The number of aromatic nitrogens is 3. The Balaban J connectivity index is 0.00000387. The maximum Gasteiger partial charge on any atom is 0.124 e. The molecule has 5 aromatic carbocycles. The number of phenols is 1. The van der Waals surface area contributed by atoms with E-state index in [0.717, 1.165) is 50.6 Å². The molecule has 0 atom stereocenters. The van der Waals surface area contributed by atoms with Gasteiger partial charge in [0.15, 0.2) is 0 Å². The van der Waals surface area contributed by atoms with E-state index in [-0.39, 0.29) is 26.8 Å². The fourth-order valence-corrected chi connectivity index (χ4v) is 8.14. The van der Waals surface area contributed by atoms with Gasteiger partial charge in [0.05, 0.1) is 5.69 Å². The molecule has 0 aliphatic heterocycles. The van der Waals surface area contributed by atoms with Crippen LogP contribution < -0.4 is 0 Å². The third-order valence-electron chi connectivity index (χ3n) is 9.50. The number of thiophene rings is 1. The van der Waals surface area contributed by atoms with Crippen LogP contribution >= 0.6 is 11.3 Å². The summed E-state index contributed by atoms with van der Waals surface area (Å²) in [7, 11) is 2.13. The maximum atomic E-state index is 10.7. The van der Waals surface area contributed by atoms with Crippen molar-refractivity contribution in [2.45, 2.75) is 6.92 Å². The Labute approximate surface area is 321 Å². The van der Waals surface area contributed by atoms with Crippen LogP contribution in [0, 0.1) is 13.0 Å². The average Bonchev–Trinajstić information content (AvgIpc) is 3.74. The van der Waals surface area contributed by atoms with Crippen LogP contribution in [0.1, 0.15) is 5.69 Å². The third kappa shape index (κ3) is 6.17. The van der Waals surface area contributed by atoms with Gasteiger partial charge in [0, 0.05) is 82.3 Å². The van der Waals surface area contributed by atoms with Crippen molar-refractivity contribution >= 4 is 31.5 Å². The van der Waals surface area contributed by atoms with Gasteiger partial charge in [0.1, 0.15) is 5.75 Å². The van der Waals surface area contributed by atoms with Gasteiger partial charge in [-0.1, -0.05) is 96.1 Å². The van der Waals surface area contributed by atoms with E-state index < -0.39 is 0 Å². The first kappa shape index (κ1) is 33.5. The van der Waals surface area contributed by atoms with Crippen LogP contribution in [0.25, 0.3) is 87.6 Å². The summed E-state index contributed by atoms with van der Waals surface area (Å²) in [6.07, 6.45) is 0. The molecule has 0 aliphatic carbocycles. The van der Waals surface area contributed by atoms with Gasteiger partial charge in [-0.05, 0) is 77.7 Å². The van der Waals surface area contributed by atoms with Gasteiger partial charge in [-0.15, -0.1) is 35.6 Å². The van der Waals surface area contributed by atoms with Crippen molar-refractivity contribution < 1.29 is 26.2 Å². The molecule has 0 aliphatic rings. The number of para-hydroxylation sites is 1. The number of phenolic OH excluding ortho intramolecular Hbond substituents is 1. The Morgan fingerprint density at radius 2 is 1.19 bits per heavy atom. The molecular formula is C46H32N3OPtS-. The monoisotopic (exact) mass is 869 g/mol. The second-order valence-electron chi connectivity index (χ2n) is 12.8. The minimum absolute atomic E-state index is 0. The number of hydrogen-bond acceptors (Lipinski definition) is 4. The predicted molar refractivity (Wildman–Crippen MR) is 212 cm³/mol. The average molecular weight is 870 g/mol. The van der Waals surface area contributed by atoms with Crippen molar-refractivity contribution in [1.29, 1.82) is 0 Å². The van der Waals surface area contributed by atoms with Crippen LogP contribution in [-0.4, -0.2) is 19.6 Å². The Hall–Kier alpha value is -5.61. The zero-order valence-electron chi connectivity index (χ0n) is 28.4. The quantitative estimate of drug-likeness (QED) is 0.169. The third-order valence-corrected chi connectivity index (χ3v) is 10.6. The van der Waals surface area contributed by atoms with Crippen molar-refractivity contribution in [3.63, 3.8) is 0 Å². The molecule has 0 spiro atoms. The number of aromatic hydroxyl groups is 1. The van der Waals surface area contributed by atoms with E-state index in [4.69, 9.17) is 9.97 Å². The van der Waals surface area contributed by atoms with Crippen LogP contribution in [0.15, 0.2) is 152 Å². The molecule has 0 radical (unpaired) electrons. The molecular weight excluding hydrogens is 838 g/mol. The summed E-state index contributed by atoms with van der Waals surface area (Å²) in [6.45, 7) is 2.04. The molecule has 9 aromatic rings. The van der Waals surface area contributed by atoms with Gasteiger partial charge in [-0.25, -0.2) is 0 Å². The smallest absolute Gasteiger partial charge is 0.124 e. The predicted octanol–water partition coefficient (Wildman–Crippen LogP) is 12.0. The molecule has 0 unspecified atom stereocenters. The first-order valence-corrected chi connectivity index (χ1v) is 17.8. The fourth-order valence-electron chi connectivity index (χ4n) is 6.99. The molecule has 0 saturated heterocycles. The van der Waals surface area contributed by atoms with Crippen molar-refractivity contribution in [2.75, 3.05) is 0 Å². The SMILES string of the molecule is Cc1cc(-c2ccc(-c3ccc4c(c3)sc3ccccc34)n2C)cc(-c2[c-]c(-c3cc(-c4ccccc4)cc(-c4ccccc4O)n3)ccc2)n1.[Pt]. The maximum absolute atomic E-state index is 10.7. The summed E-state index contributed by atoms with van der Waals surface area (Å²) in [5.41, 5.74) is 12.3. The van der Waals surface area contributed by atoms with E-state index in [2.05, 4.69) is 109 Å². The zero-order chi connectivity index (χ0) is 34.5. The second kappa shape index (κ2) is 13.8. The molecule has 52 heavy (non-hydrogen) atoms. The van der Waals surface area contributed by atoms with Gasteiger partial charge in [-0.3, -0.25) is 9.97 Å². The first-order valence-electron chi connectivity index (χ1n) is 16.9. The van der Waals surface area contributed by atoms with Crippen LogP contribution in [0.3, 0.4) is 0 Å². The van der Waals surface area contributed by atoms with E-state index in [0.29, 0.717) is 11.3 Å². The fraction of sp³-hybridized carbons (Fsp3) is 0.0435. The number of nitrogens with zero attached hydrogens (tertiary/aromatic N) is 3. The number of rotatable bonds is 6. The largest absolute Gasteiger partial charge is 0.507 e. The summed E-state index contributed by atoms with van der Waals surface area (Å²) in [6, 6.07) is 55.6. The topological polar surface area (TPSA) is 50.9 Å². The van der Waals surface area contributed by atoms with Crippen molar-refractivity contribution in [1.82, 2.24) is 14.5 Å². The van der Waals surface area contributed by atoms with Crippen molar-refractivity contribution in [2.24, 2.45) is 7.05 Å². The van der Waals surface area contributed by atoms with E-state index in [1.807, 2.05) is 72.9 Å². The van der Waals surface area contributed by atoms with E-state index >= 15 is 0 Å². The number of benzene rings is 5. The molecule has 4 heterocycles. The van der Waals surface area contributed by atoms with Gasteiger partial charge in [0.25, 0.3) is 0 Å². The number of hydrogen-bond donors (Lipinski definition) is 1. The minimum Gasteiger partial charge on any atom is -0.507 e. The summed E-state index contributed by atoms with van der Waals surface area (Å²) in [5, 5.41) is 13.3. The van der Waals surface area contributed by atoms with E-state index in [1.54, 1.807) is 6.07 Å². The Morgan fingerprint density at radius 3 is 2.00 bits per heavy atom. The van der Waals surface area contributed by atoms with Gasteiger partial charge in [-0.2, -0.15) is 0 Å².